The molecule has 0 unspecified atom stereocenters. The summed E-state index contributed by atoms with van der Waals surface area (Å²) in [7, 11) is 0. The van der Waals surface area contributed by atoms with Crippen molar-refractivity contribution < 1.29 is 0 Å². The van der Waals surface area contributed by atoms with Crippen molar-refractivity contribution in [1.82, 2.24) is 0 Å². The van der Waals surface area contributed by atoms with E-state index in [1.165, 1.54) is 21.5 Å². The topological polar surface area (TPSA) is 49.4 Å². The van der Waals surface area contributed by atoms with Crippen LogP contribution in [0, 0.1) is 0 Å². The molecule has 10 rings (SSSR count). The van der Waals surface area contributed by atoms with Crippen LogP contribution in [0.4, 0.5) is 22.7 Å². The molecule has 0 heterocycles. The summed E-state index contributed by atoms with van der Waals surface area (Å²) < 4.78 is 0. The van der Waals surface area contributed by atoms with Gasteiger partial charge in [-0.05, 0) is 68.1 Å². The van der Waals surface area contributed by atoms with E-state index in [0.29, 0.717) is 0 Å². The first-order valence-corrected chi connectivity index (χ1v) is 20.0. The fraction of sp³-hybridized carbons (Fsp3) is 0. The van der Waals surface area contributed by atoms with Crippen molar-refractivity contribution in [2.24, 2.45) is 20.0 Å². The highest BCUT2D eigenvalue weighted by molar-refractivity contribution is 5.99. The molecule has 4 nitrogen and oxygen atoms in total. The van der Waals surface area contributed by atoms with Gasteiger partial charge in [0.1, 0.15) is 0 Å². The Morgan fingerprint density at radius 3 is 0.633 bits per heavy atom. The van der Waals surface area contributed by atoms with Gasteiger partial charge in [-0.2, -0.15) is 0 Å². The van der Waals surface area contributed by atoms with Gasteiger partial charge >= 0.3 is 0 Å². The summed E-state index contributed by atoms with van der Waals surface area (Å²) in [6, 6.07) is 74.6. The van der Waals surface area contributed by atoms with E-state index in [9.17, 15) is 0 Å². The van der Waals surface area contributed by atoms with Crippen LogP contribution in [-0.2, 0) is 0 Å². The summed E-state index contributed by atoms with van der Waals surface area (Å²) in [6.07, 6.45) is 7.64. The molecule has 0 radical (unpaired) electrons. The van der Waals surface area contributed by atoms with E-state index in [0.717, 1.165) is 66.5 Å². The second-order valence-corrected chi connectivity index (χ2v) is 14.4. The molecule has 60 heavy (non-hydrogen) atoms. The molecule has 0 aliphatic rings. The van der Waals surface area contributed by atoms with Crippen LogP contribution in [0.3, 0.4) is 0 Å². The van der Waals surface area contributed by atoms with E-state index in [1.54, 1.807) is 0 Å². The average Bonchev–Trinajstić information content (AvgIpc) is 3.32. The summed E-state index contributed by atoms with van der Waals surface area (Å²) in [5, 5.41) is 9.45. The van der Waals surface area contributed by atoms with Crippen LogP contribution in [0.5, 0.6) is 0 Å². The second kappa shape index (κ2) is 18.0. The Labute approximate surface area is 349 Å². The molecular formula is C56H40N4. The molecule has 0 N–H and O–H groups in total. The smallest absolute Gasteiger partial charge is 0.0708 e. The summed E-state index contributed by atoms with van der Waals surface area (Å²) in [5.74, 6) is 0. The molecule has 0 spiro atoms. The number of nitrogens with zero attached hydrogens (tertiary/aromatic N) is 4. The third-order valence-corrected chi connectivity index (χ3v) is 10.4. The number of benzene rings is 10. The summed E-state index contributed by atoms with van der Waals surface area (Å²) in [6.45, 7) is 0. The Morgan fingerprint density at radius 1 is 0.200 bits per heavy atom. The fourth-order valence-electron chi connectivity index (χ4n) is 7.20. The molecule has 0 saturated carbocycles. The maximum absolute atomic E-state index is 4.70. The highest BCUT2D eigenvalue weighted by atomic mass is 14.7. The zero-order valence-electron chi connectivity index (χ0n) is 32.9. The Balaban J connectivity index is 0.000000154. The predicted octanol–water partition coefficient (Wildman–Crippen LogP) is 15.0. The van der Waals surface area contributed by atoms with E-state index in [1.807, 2.05) is 122 Å². The number of aliphatic imine (C=N–C) groups is 4. The summed E-state index contributed by atoms with van der Waals surface area (Å²) in [4.78, 5) is 18.8. The van der Waals surface area contributed by atoms with E-state index < -0.39 is 0 Å². The van der Waals surface area contributed by atoms with Gasteiger partial charge in [0.2, 0.25) is 0 Å². The van der Waals surface area contributed by atoms with Gasteiger partial charge in [-0.1, -0.05) is 194 Å². The van der Waals surface area contributed by atoms with Gasteiger partial charge < -0.3 is 0 Å². The molecule has 10 aromatic carbocycles. The number of hydrogen-bond acceptors (Lipinski definition) is 4. The molecular weight excluding hydrogens is 729 g/mol. The van der Waals surface area contributed by atoms with Crippen molar-refractivity contribution in [3.63, 3.8) is 0 Å². The van der Waals surface area contributed by atoms with Crippen LogP contribution in [0.1, 0.15) is 22.3 Å². The minimum Gasteiger partial charge on any atom is -0.256 e. The van der Waals surface area contributed by atoms with Gasteiger partial charge in [-0.25, -0.2) is 0 Å². The van der Waals surface area contributed by atoms with Gasteiger partial charge in [0, 0.05) is 46.4 Å². The van der Waals surface area contributed by atoms with Crippen molar-refractivity contribution in [2.75, 3.05) is 0 Å². The van der Waals surface area contributed by atoms with Crippen LogP contribution in [0.2, 0.25) is 0 Å². The Bertz CT molecular complexity index is 2740. The quantitative estimate of drug-likeness (QED) is 0.138. The third kappa shape index (κ3) is 8.89. The van der Waals surface area contributed by atoms with Crippen LogP contribution in [0.25, 0.3) is 43.1 Å². The van der Waals surface area contributed by atoms with Gasteiger partial charge in [-0.15, -0.1) is 0 Å². The first-order chi connectivity index (χ1) is 29.7. The minimum absolute atomic E-state index is 0.981. The number of rotatable bonds is 8. The predicted molar refractivity (Wildman–Crippen MR) is 258 cm³/mol. The minimum atomic E-state index is 0.981. The van der Waals surface area contributed by atoms with Crippen molar-refractivity contribution >= 4 is 90.7 Å². The van der Waals surface area contributed by atoms with Crippen LogP contribution >= 0.6 is 0 Å². The zero-order chi connectivity index (χ0) is 40.4. The highest BCUT2D eigenvalue weighted by Gasteiger charge is 2.02. The lowest BCUT2D eigenvalue weighted by Crippen LogP contribution is -1.85. The van der Waals surface area contributed by atoms with Gasteiger partial charge in [0.15, 0.2) is 0 Å². The molecule has 10 aromatic rings. The SMILES string of the molecule is C(=Nc1cccc2ccccc12)c1ccc(C=Nc2cccc3ccccc23)cc1.C(=Nc1cccc2ccccc12)c1ccc(C=Nc2cccc3ccccc23)cc1. The monoisotopic (exact) mass is 768 g/mol. The first-order valence-electron chi connectivity index (χ1n) is 20.0. The summed E-state index contributed by atoms with van der Waals surface area (Å²) >= 11 is 0. The lowest BCUT2D eigenvalue weighted by atomic mass is 10.1. The Morgan fingerprint density at radius 2 is 0.400 bits per heavy atom. The van der Waals surface area contributed by atoms with Crippen molar-refractivity contribution in [1.29, 1.82) is 0 Å². The largest absolute Gasteiger partial charge is 0.256 e. The van der Waals surface area contributed by atoms with Crippen molar-refractivity contribution in [2.45, 2.75) is 0 Å². The molecule has 0 bridgehead atoms. The zero-order valence-corrected chi connectivity index (χ0v) is 32.9. The molecule has 0 atom stereocenters. The van der Waals surface area contributed by atoms with Gasteiger partial charge in [0.25, 0.3) is 0 Å². The lowest BCUT2D eigenvalue weighted by molar-refractivity contribution is 1.54. The lowest BCUT2D eigenvalue weighted by Gasteiger charge is -2.02. The standard InChI is InChI=1S/2C28H20N2/c2*1-3-11-25-23(7-1)9-5-13-27(25)29-19-21-15-17-22(18-16-21)20-30-28-14-6-10-24-8-2-4-12-26(24)28/h2*1-20H. The molecule has 4 heteroatoms. The van der Waals surface area contributed by atoms with Gasteiger partial charge in [0.05, 0.1) is 22.7 Å². The van der Waals surface area contributed by atoms with Crippen LogP contribution in [0.15, 0.2) is 238 Å². The molecule has 284 valence electrons. The molecule has 0 aliphatic heterocycles. The normalized spacial score (nSPS) is 11.7. The molecule has 0 aromatic heterocycles. The van der Waals surface area contributed by atoms with Crippen molar-refractivity contribution in [3.8, 4) is 0 Å². The average molecular weight is 769 g/mol. The first kappa shape index (κ1) is 37.5. The number of fused-ring (bicyclic) bond motifs is 4. The molecule has 0 amide bonds. The van der Waals surface area contributed by atoms with Crippen LogP contribution < -0.4 is 0 Å². The maximum atomic E-state index is 4.70. The Hall–Kier alpha value is -8.08. The summed E-state index contributed by atoms with van der Waals surface area (Å²) in [5.41, 5.74) is 8.17. The molecule has 0 saturated heterocycles. The fourth-order valence-corrected chi connectivity index (χ4v) is 7.20. The van der Waals surface area contributed by atoms with E-state index in [4.69, 9.17) is 20.0 Å². The molecule has 0 aliphatic carbocycles. The van der Waals surface area contributed by atoms with Crippen molar-refractivity contribution in [3.05, 3.63) is 241 Å². The van der Waals surface area contributed by atoms with E-state index in [-0.39, 0.29) is 0 Å². The molecule has 0 fully saturated rings. The highest BCUT2D eigenvalue weighted by Crippen LogP contribution is 2.29. The van der Waals surface area contributed by atoms with E-state index in [2.05, 4.69) is 121 Å². The van der Waals surface area contributed by atoms with E-state index >= 15 is 0 Å². The Kier molecular flexibility index (Phi) is 11.3. The van der Waals surface area contributed by atoms with Crippen LogP contribution in [-0.4, -0.2) is 24.9 Å². The van der Waals surface area contributed by atoms with Gasteiger partial charge in [-0.3, -0.25) is 20.0 Å². The maximum Gasteiger partial charge on any atom is 0.0708 e. The number of hydrogen-bond donors (Lipinski definition) is 0. The second-order valence-electron chi connectivity index (χ2n) is 14.4. The third-order valence-electron chi connectivity index (χ3n) is 10.4.